The summed E-state index contributed by atoms with van der Waals surface area (Å²) >= 11 is 3.45. The molecule has 1 aromatic carbocycles. The number of hydrogen-bond acceptors (Lipinski definition) is 2. The Morgan fingerprint density at radius 3 is 2.27 bits per heavy atom. The maximum atomic E-state index is 12.4. The SMILES string of the molecule is COc1ccc(/C=C/C(=O)N(CC(C)C)CC(C)C)cc1Br. The summed E-state index contributed by atoms with van der Waals surface area (Å²) < 4.78 is 6.09. The van der Waals surface area contributed by atoms with Crippen LogP contribution in [-0.4, -0.2) is 31.0 Å². The summed E-state index contributed by atoms with van der Waals surface area (Å²) in [6.45, 7) is 10.1. The molecule has 0 heterocycles. The number of hydrogen-bond donors (Lipinski definition) is 0. The van der Waals surface area contributed by atoms with Gasteiger partial charge in [-0.1, -0.05) is 33.8 Å². The van der Waals surface area contributed by atoms with Crippen molar-refractivity contribution in [1.82, 2.24) is 4.90 Å². The second kappa shape index (κ2) is 8.99. The Morgan fingerprint density at radius 1 is 1.23 bits per heavy atom. The summed E-state index contributed by atoms with van der Waals surface area (Å²) in [7, 11) is 1.63. The molecule has 0 aliphatic carbocycles. The van der Waals surface area contributed by atoms with Gasteiger partial charge in [0.25, 0.3) is 0 Å². The second-order valence-corrected chi connectivity index (χ2v) is 7.11. The highest BCUT2D eigenvalue weighted by Gasteiger charge is 2.13. The van der Waals surface area contributed by atoms with Crippen LogP contribution in [0.25, 0.3) is 6.08 Å². The lowest BCUT2D eigenvalue weighted by molar-refractivity contribution is -0.127. The molecule has 0 aromatic heterocycles. The highest BCUT2D eigenvalue weighted by molar-refractivity contribution is 9.10. The lowest BCUT2D eigenvalue weighted by Gasteiger charge is -2.25. The van der Waals surface area contributed by atoms with Gasteiger partial charge in [0.05, 0.1) is 11.6 Å². The second-order valence-electron chi connectivity index (χ2n) is 6.26. The van der Waals surface area contributed by atoms with Crippen LogP contribution >= 0.6 is 15.9 Å². The minimum Gasteiger partial charge on any atom is -0.496 e. The predicted molar refractivity (Wildman–Crippen MR) is 96.0 cm³/mol. The Balaban J connectivity index is 2.81. The normalized spacial score (nSPS) is 11.5. The molecule has 0 bridgehead atoms. The molecule has 3 nitrogen and oxygen atoms in total. The summed E-state index contributed by atoms with van der Waals surface area (Å²) in [4.78, 5) is 14.3. The van der Waals surface area contributed by atoms with Crippen molar-refractivity contribution in [3.63, 3.8) is 0 Å². The quantitative estimate of drug-likeness (QED) is 0.658. The van der Waals surface area contributed by atoms with Gasteiger partial charge in [0.15, 0.2) is 0 Å². The van der Waals surface area contributed by atoms with Gasteiger partial charge < -0.3 is 9.64 Å². The molecule has 1 amide bonds. The number of ether oxygens (including phenoxy) is 1. The van der Waals surface area contributed by atoms with Gasteiger partial charge in [-0.15, -0.1) is 0 Å². The first kappa shape index (κ1) is 18.8. The first-order chi connectivity index (χ1) is 10.3. The van der Waals surface area contributed by atoms with E-state index in [1.807, 2.05) is 29.2 Å². The molecular formula is C18H26BrNO2. The van der Waals surface area contributed by atoms with Crippen molar-refractivity contribution in [2.75, 3.05) is 20.2 Å². The topological polar surface area (TPSA) is 29.5 Å². The average molecular weight is 368 g/mol. The average Bonchev–Trinajstić information content (AvgIpc) is 2.43. The van der Waals surface area contributed by atoms with Crippen LogP contribution in [0.4, 0.5) is 0 Å². The van der Waals surface area contributed by atoms with Crippen LogP contribution < -0.4 is 4.74 Å². The molecule has 0 aliphatic heterocycles. The molecule has 4 heteroatoms. The first-order valence-electron chi connectivity index (χ1n) is 7.64. The zero-order valence-corrected chi connectivity index (χ0v) is 15.7. The molecule has 0 unspecified atom stereocenters. The van der Waals surface area contributed by atoms with E-state index in [-0.39, 0.29) is 5.91 Å². The number of rotatable bonds is 7. The van der Waals surface area contributed by atoms with Gasteiger partial charge in [-0.25, -0.2) is 0 Å². The third-order valence-corrected chi connectivity index (χ3v) is 3.70. The van der Waals surface area contributed by atoms with Crippen molar-refractivity contribution >= 4 is 27.9 Å². The van der Waals surface area contributed by atoms with E-state index in [1.165, 1.54) is 0 Å². The largest absolute Gasteiger partial charge is 0.496 e. The Bertz CT molecular complexity index is 514. The molecule has 1 rings (SSSR count). The summed E-state index contributed by atoms with van der Waals surface area (Å²) in [5, 5.41) is 0. The van der Waals surface area contributed by atoms with Gasteiger partial charge in [0, 0.05) is 19.2 Å². The van der Waals surface area contributed by atoms with Crippen molar-refractivity contribution in [3.8, 4) is 5.75 Å². The Morgan fingerprint density at radius 2 is 1.82 bits per heavy atom. The summed E-state index contributed by atoms with van der Waals surface area (Å²) in [6.07, 6.45) is 3.50. The monoisotopic (exact) mass is 367 g/mol. The minimum absolute atomic E-state index is 0.0642. The predicted octanol–water partition coefficient (Wildman–Crippen LogP) is 4.61. The highest BCUT2D eigenvalue weighted by Crippen LogP contribution is 2.26. The lowest BCUT2D eigenvalue weighted by Crippen LogP contribution is -2.35. The first-order valence-corrected chi connectivity index (χ1v) is 8.43. The molecule has 0 radical (unpaired) electrons. The Labute approximate surface area is 142 Å². The zero-order valence-electron chi connectivity index (χ0n) is 14.1. The standard InChI is InChI=1S/C18H26BrNO2/c1-13(2)11-20(12-14(3)4)18(21)9-7-15-6-8-17(22-5)16(19)10-15/h6-10,13-14H,11-12H2,1-5H3/b9-7+. The van der Waals surface area contributed by atoms with E-state index in [4.69, 9.17) is 4.74 Å². The number of carbonyl (C=O) groups excluding carboxylic acids is 1. The molecule has 0 saturated carbocycles. The van der Waals surface area contributed by atoms with Crippen LogP contribution in [0.5, 0.6) is 5.75 Å². The Kier molecular flexibility index (Phi) is 7.66. The van der Waals surface area contributed by atoms with E-state index >= 15 is 0 Å². The third kappa shape index (κ3) is 6.22. The number of nitrogens with zero attached hydrogens (tertiary/aromatic N) is 1. The van der Waals surface area contributed by atoms with Crippen LogP contribution in [0.3, 0.4) is 0 Å². The van der Waals surface area contributed by atoms with E-state index < -0.39 is 0 Å². The molecule has 122 valence electrons. The molecule has 1 aromatic rings. The van der Waals surface area contributed by atoms with E-state index in [9.17, 15) is 4.79 Å². The summed E-state index contributed by atoms with van der Waals surface area (Å²) in [5.41, 5.74) is 0.968. The fraction of sp³-hybridized carbons (Fsp3) is 0.500. The van der Waals surface area contributed by atoms with E-state index in [2.05, 4.69) is 43.6 Å². The van der Waals surface area contributed by atoms with Crippen molar-refractivity contribution in [2.45, 2.75) is 27.7 Å². The van der Waals surface area contributed by atoms with E-state index in [1.54, 1.807) is 13.2 Å². The molecule has 0 aliphatic rings. The summed E-state index contributed by atoms with van der Waals surface area (Å²) in [6, 6.07) is 5.76. The van der Waals surface area contributed by atoms with Crippen LogP contribution in [0.1, 0.15) is 33.3 Å². The fourth-order valence-corrected chi connectivity index (χ4v) is 2.75. The minimum atomic E-state index is 0.0642. The van der Waals surface area contributed by atoms with Gasteiger partial charge in [-0.3, -0.25) is 4.79 Å². The van der Waals surface area contributed by atoms with Crippen molar-refractivity contribution < 1.29 is 9.53 Å². The highest BCUT2D eigenvalue weighted by atomic mass is 79.9. The van der Waals surface area contributed by atoms with Gasteiger partial charge in [0.1, 0.15) is 5.75 Å². The number of amides is 1. The molecule has 0 fully saturated rings. The number of methoxy groups -OCH3 is 1. The molecule has 0 saturated heterocycles. The van der Waals surface area contributed by atoms with Crippen molar-refractivity contribution in [3.05, 3.63) is 34.3 Å². The fourth-order valence-electron chi connectivity index (χ4n) is 2.20. The van der Waals surface area contributed by atoms with Gasteiger partial charge in [-0.05, 0) is 51.5 Å². The van der Waals surface area contributed by atoms with Crippen molar-refractivity contribution in [1.29, 1.82) is 0 Å². The van der Waals surface area contributed by atoms with Gasteiger partial charge in [0.2, 0.25) is 5.91 Å². The third-order valence-electron chi connectivity index (χ3n) is 3.08. The van der Waals surface area contributed by atoms with Crippen LogP contribution in [0.15, 0.2) is 28.7 Å². The van der Waals surface area contributed by atoms with E-state index in [0.717, 1.165) is 28.9 Å². The van der Waals surface area contributed by atoms with Crippen LogP contribution in [-0.2, 0) is 4.79 Å². The lowest BCUT2D eigenvalue weighted by atomic mass is 10.1. The van der Waals surface area contributed by atoms with Crippen LogP contribution in [0, 0.1) is 11.8 Å². The molecule has 0 atom stereocenters. The smallest absolute Gasteiger partial charge is 0.246 e. The van der Waals surface area contributed by atoms with Crippen molar-refractivity contribution in [2.24, 2.45) is 11.8 Å². The van der Waals surface area contributed by atoms with Gasteiger partial charge in [-0.2, -0.15) is 0 Å². The maximum absolute atomic E-state index is 12.4. The Hall–Kier alpha value is -1.29. The number of halogens is 1. The van der Waals surface area contributed by atoms with Crippen LogP contribution in [0.2, 0.25) is 0 Å². The molecule has 0 N–H and O–H groups in total. The maximum Gasteiger partial charge on any atom is 0.246 e. The molecule has 0 spiro atoms. The zero-order chi connectivity index (χ0) is 16.7. The molecular weight excluding hydrogens is 342 g/mol. The number of carbonyl (C=O) groups is 1. The number of benzene rings is 1. The van der Waals surface area contributed by atoms with Gasteiger partial charge >= 0.3 is 0 Å². The molecule has 22 heavy (non-hydrogen) atoms. The van der Waals surface area contributed by atoms with E-state index in [0.29, 0.717) is 11.8 Å². The summed E-state index contributed by atoms with van der Waals surface area (Å²) in [5.74, 6) is 1.77.